The molecule has 0 aliphatic rings. The van der Waals surface area contributed by atoms with Crippen LogP contribution in [0.2, 0.25) is 0 Å². The van der Waals surface area contributed by atoms with Crippen molar-refractivity contribution in [2.45, 2.75) is 6.92 Å². The number of carbonyl (C=O) groups is 1. The van der Waals surface area contributed by atoms with Crippen molar-refractivity contribution in [1.29, 1.82) is 0 Å². The minimum atomic E-state index is -0.488. The van der Waals surface area contributed by atoms with Gasteiger partial charge in [0.2, 0.25) is 0 Å². The van der Waals surface area contributed by atoms with Gasteiger partial charge in [-0.1, -0.05) is 6.07 Å². The Labute approximate surface area is 114 Å². The molecule has 0 spiro atoms. The lowest BCUT2D eigenvalue weighted by Crippen LogP contribution is -2.15. The average Bonchev–Trinajstić information content (AvgIpc) is 2.40. The number of pyridine rings is 1. The average molecular weight is 272 g/mol. The molecule has 1 amide bonds. The maximum Gasteiger partial charge on any atom is 0.274 e. The van der Waals surface area contributed by atoms with Gasteiger partial charge in [-0.3, -0.25) is 14.9 Å². The highest BCUT2D eigenvalue weighted by molar-refractivity contribution is 6.03. The van der Waals surface area contributed by atoms with Gasteiger partial charge in [0.1, 0.15) is 11.5 Å². The molecule has 0 radical (unpaired) electrons. The molecule has 102 valence electrons. The Balaban J connectivity index is 2.22. The summed E-state index contributed by atoms with van der Waals surface area (Å²) in [7, 11) is 0. The summed E-state index contributed by atoms with van der Waals surface area (Å²) < 4.78 is 0. The Morgan fingerprint density at radius 2 is 2.10 bits per heavy atom. The van der Waals surface area contributed by atoms with E-state index in [9.17, 15) is 14.9 Å². The number of rotatable bonds is 3. The lowest BCUT2D eigenvalue weighted by molar-refractivity contribution is -0.384. The Bertz CT molecular complexity index is 685. The summed E-state index contributed by atoms with van der Waals surface area (Å²) in [6.07, 6.45) is 0. The first kappa shape index (κ1) is 13.5. The van der Waals surface area contributed by atoms with Gasteiger partial charge in [-0.2, -0.15) is 0 Å². The molecule has 0 fully saturated rings. The molecule has 1 aromatic heterocycles. The number of carbonyl (C=O) groups excluding carboxylic acids is 1. The number of nitrogen functional groups attached to an aromatic ring is 1. The van der Waals surface area contributed by atoms with Gasteiger partial charge in [-0.15, -0.1) is 0 Å². The van der Waals surface area contributed by atoms with Gasteiger partial charge in [-0.25, -0.2) is 4.98 Å². The Kier molecular flexibility index (Phi) is 3.60. The predicted octanol–water partition coefficient (Wildman–Crippen LogP) is 2.13. The first-order valence-electron chi connectivity index (χ1n) is 5.76. The predicted molar refractivity (Wildman–Crippen MR) is 74.4 cm³/mol. The summed E-state index contributed by atoms with van der Waals surface area (Å²) in [6.45, 7) is 1.68. The smallest absolute Gasteiger partial charge is 0.274 e. The molecular weight excluding hydrogens is 260 g/mol. The normalized spacial score (nSPS) is 10.1. The van der Waals surface area contributed by atoms with E-state index in [1.54, 1.807) is 19.1 Å². The van der Waals surface area contributed by atoms with Crippen molar-refractivity contribution in [3.05, 3.63) is 57.8 Å². The number of nitro benzene ring substituents is 1. The summed E-state index contributed by atoms with van der Waals surface area (Å²) in [4.78, 5) is 26.0. The summed E-state index contributed by atoms with van der Waals surface area (Å²) in [5.41, 5.74) is 6.75. The fourth-order valence-corrected chi connectivity index (χ4v) is 1.67. The number of aryl methyl sites for hydroxylation is 1. The van der Waals surface area contributed by atoms with Crippen molar-refractivity contribution in [3.8, 4) is 0 Å². The van der Waals surface area contributed by atoms with Crippen LogP contribution in [0, 0.1) is 17.0 Å². The third kappa shape index (κ3) is 2.89. The van der Waals surface area contributed by atoms with E-state index < -0.39 is 10.8 Å². The fourth-order valence-electron chi connectivity index (χ4n) is 1.67. The molecular formula is C13H12N4O3. The number of amides is 1. The molecule has 1 aromatic carbocycles. The Morgan fingerprint density at radius 1 is 1.35 bits per heavy atom. The van der Waals surface area contributed by atoms with Gasteiger partial charge in [0.05, 0.1) is 4.92 Å². The number of nitrogens with one attached hydrogen (secondary N) is 1. The molecule has 2 aromatic rings. The Morgan fingerprint density at radius 3 is 2.70 bits per heavy atom. The quantitative estimate of drug-likeness (QED) is 0.656. The van der Waals surface area contributed by atoms with Crippen LogP contribution in [0.5, 0.6) is 0 Å². The van der Waals surface area contributed by atoms with E-state index in [0.29, 0.717) is 11.3 Å². The zero-order valence-electron chi connectivity index (χ0n) is 10.7. The molecule has 0 aliphatic heterocycles. The molecule has 3 N–H and O–H groups in total. The van der Waals surface area contributed by atoms with E-state index in [-0.39, 0.29) is 17.2 Å². The lowest BCUT2D eigenvalue weighted by Gasteiger charge is -2.08. The van der Waals surface area contributed by atoms with Crippen molar-refractivity contribution >= 4 is 23.1 Å². The van der Waals surface area contributed by atoms with Gasteiger partial charge >= 0.3 is 0 Å². The standard InChI is InChI=1S/C13H12N4O3/c1-8-7-9(17(19)20)5-6-10(8)16-13(18)11-3-2-4-12(14)15-11/h2-7H,1H3,(H2,14,15)(H,16,18). The number of nitrogens with two attached hydrogens (primary N) is 1. The summed E-state index contributed by atoms with van der Waals surface area (Å²) in [6, 6.07) is 8.94. The highest BCUT2D eigenvalue weighted by Crippen LogP contribution is 2.21. The minimum absolute atomic E-state index is 0.0254. The van der Waals surface area contributed by atoms with Crippen molar-refractivity contribution in [2.75, 3.05) is 11.1 Å². The largest absolute Gasteiger partial charge is 0.384 e. The second kappa shape index (κ2) is 5.35. The van der Waals surface area contributed by atoms with Gasteiger partial charge in [0.25, 0.3) is 11.6 Å². The van der Waals surface area contributed by atoms with E-state index in [1.165, 1.54) is 24.3 Å². The number of benzene rings is 1. The highest BCUT2D eigenvalue weighted by atomic mass is 16.6. The number of non-ortho nitro benzene ring substituents is 1. The number of nitrogens with zero attached hydrogens (tertiary/aromatic N) is 2. The van der Waals surface area contributed by atoms with Crippen LogP contribution in [0.4, 0.5) is 17.2 Å². The van der Waals surface area contributed by atoms with Gasteiger partial charge in [0.15, 0.2) is 0 Å². The number of nitro groups is 1. The van der Waals surface area contributed by atoms with Gasteiger partial charge < -0.3 is 11.1 Å². The molecule has 0 saturated heterocycles. The maximum absolute atomic E-state index is 12.0. The minimum Gasteiger partial charge on any atom is -0.384 e. The van der Waals surface area contributed by atoms with Crippen molar-refractivity contribution in [2.24, 2.45) is 0 Å². The second-order valence-corrected chi connectivity index (χ2v) is 4.16. The number of hydrogen-bond acceptors (Lipinski definition) is 5. The molecule has 0 atom stereocenters. The van der Waals surface area contributed by atoms with Crippen LogP contribution in [0.1, 0.15) is 16.1 Å². The zero-order valence-corrected chi connectivity index (χ0v) is 10.7. The van der Waals surface area contributed by atoms with Gasteiger partial charge in [0, 0.05) is 17.8 Å². The number of anilines is 2. The molecule has 0 bridgehead atoms. The zero-order chi connectivity index (χ0) is 14.7. The van der Waals surface area contributed by atoms with Crippen molar-refractivity contribution in [1.82, 2.24) is 4.98 Å². The van der Waals surface area contributed by atoms with Crippen LogP contribution in [0.3, 0.4) is 0 Å². The molecule has 0 unspecified atom stereocenters. The van der Waals surface area contributed by atoms with Crippen LogP contribution in [-0.2, 0) is 0 Å². The van der Waals surface area contributed by atoms with Crippen molar-refractivity contribution < 1.29 is 9.72 Å². The van der Waals surface area contributed by atoms with E-state index in [4.69, 9.17) is 5.73 Å². The molecule has 7 nitrogen and oxygen atoms in total. The summed E-state index contributed by atoms with van der Waals surface area (Å²) in [5, 5.41) is 13.3. The van der Waals surface area contributed by atoms with Gasteiger partial charge in [-0.05, 0) is 30.7 Å². The first-order valence-corrected chi connectivity index (χ1v) is 5.76. The first-order chi connectivity index (χ1) is 9.47. The highest BCUT2D eigenvalue weighted by Gasteiger charge is 2.12. The number of aromatic nitrogens is 1. The molecule has 0 saturated carbocycles. The van der Waals surface area contributed by atoms with Crippen LogP contribution in [0.25, 0.3) is 0 Å². The monoisotopic (exact) mass is 272 g/mol. The Hall–Kier alpha value is -2.96. The van der Waals surface area contributed by atoms with Crippen LogP contribution >= 0.6 is 0 Å². The summed E-state index contributed by atoms with van der Waals surface area (Å²) in [5.74, 6) is -0.174. The van der Waals surface area contributed by atoms with E-state index >= 15 is 0 Å². The second-order valence-electron chi connectivity index (χ2n) is 4.16. The molecule has 7 heteroatoms. The SMILES string of the molecule is Cc1cc([N+](=O)[O-])ccc1NC(=O)c1cccc(N)n1. The fraction of sp³-hybridized carbons (Fsp3) is 0.0769. The third-order valence-corrected chi connectivity index (χ3v) is 2.67. The summed E-state index contributed by atoms with van der Waals surface area (Å²) >= 11 is 0. The topological polar surface area (TPSA) is 111 Å². The molecule has 0 aliphatic carbocycles. The van der Waals surface area contributed by atoms with E-state index in [0.717, 1.165) is 0 Å². The molecule has 20 heavy (non-hydrogen) atoms. The van der Waals surface area contributed by atoms with E-state index in [1.807, 2.05) is 0 Å². The molecule has 2 rings (SSSR count). The lowest BCUT2D eigenvalue weighted by atomic mass is 10.1. The van der Waals surface area contributed by atoms with Crippen LogP contribution < -0.4 is 11.1 Å². The van der Waals surface area contributed by atoms with Crippen LogP contribution in [-0.4, -0.2) is 15.8 Å². The third-order valence-electron chi connectivity index (χ3n) is 2.67. The van der Waals surface area contributed by atoms with E-state index in [2.05, 4.69) is 10.3 Å². The molecule has 1 heterocycles. The van der Waals surface area contributed by atoms with Crippen molar-refractivity contribution in [3.63, 3.8) is 0 Å². The maximum atomic E-state index is 12.0. The number of hydrogen-bond donors (Lipinski definition) is 2. The van der Waals surface area contributed by atoms with Crippen LogP contribution in [0.15, 0.2) is 36.4 Å².